The van der Waals surface area contributed by atoms with Crippen LogP contribution in [0.3, 0.4) is 0 Å². The van der Waals surface area contributed by atoms with Crippen molar-refractivity contribution >= 4 is 55.7 Å². The van der Waals surface area contributed by atoms with Gasteiger partial charge in [0.15, 0.2) is 0 Å². The van der Waals surface area contributed by atoms with Gasteiger partial charge in [0.25, 0.3) is 0 Å². The molecular weight excluding hydrogens is 451 g/mol. The van der Waals surface area contributed by atoms with Crippen molar-refractivity contribution in [2.45, 2.75) is 13.8 Å². The van der Waals surface area contributed by atoms with Crippen LogP contribution < -0.4 is 14.8 Å². The van der Waals surface area contributed by atoms with Gasteiger partial charge in [-0.25, -0.2) is 4.58 Å². The third-order valence-corrected chi connectivity index (χ3v) is 8.67. The quantitative estimate of drug-likeness (QED) is 0.201. The lowest BCUT2D eigenvalue weighted by atomic mass is 10.00. The van der Waals surface area contributed by atoms with Crippen molar-refractivity contribution in [2.75, 3.05) is 46.2 Å². The molecule has 0 N–H and O–H groups in total. The minimum atomic E-state index is 0.933. The Bertz CT molecular complexity index is 1320. The summed E-state index contributed by atoms with van der Waals surface area (Å²) in [5.74, 6) is 0. The van der Waals surface area contributed by atoms with E-state index in [0.717, 1.165) is 18.1 Å². The minimum absolute atomic E-state index is 0.933. The van der Waals surface area contributed by atoms with Gasteiger partial charge in [-0.15, -0.1) is 22.7 Å². The highest BCUT2D eigenvalue weighted by Gasteiger charge is 2.20. The molecule has 0 saturated heterocycles. The van der Waals surface area contributed by atoms with Crippen molar-refractivity contribution < 1.29 is 0 Å². The lowest BCUT2D eigenvalue weighted by Crippen LogP contribution is -2.28. The Hall–Kier alpha value is -2.28. The summed E-state index contributed by atoms with van der Waals surface area (Å²) in [6.07, 6.45) is 0. The first-order valence-electron chi connectivity index (χ1n) is 10.9. The van der Waals surface area contributed by atoms with Gasteiger partial charge in [-0.3, -0.25) is 0 Å². The minimum Gasteiger partial charge on any atom is -0.378 e. The number of fused-ring (bicyclic) bond motifs is 2. The maximum absolute atomic E-state index is 5.81. The molecule has 2 aliphatic rings. The summed E-state index contributed by atoms with van der Waals surface area (Å²) in [7, 11) is 8.38. The first-order valence-corrected chi connectivity index (χ1v) is 13.0. The zero-order valence-electron chi connectivity index (χ0n) is 19.6. The second-order valence-electron chi connectivity index (χ2n) is 8.27. The van der Waals surface area contributed by atoms with E-state index >= 15 is 0 Å². The molecule has 0 fully saturated rings. The second-order valence-corrected chi connectivity index (χ2v) is 10.8. The molecule has 1 aliphatic heterocycles. The van der Waals surface area contributed by atoms with Crippen LogP contribution in [-0.4, -0.2) is 51.2 Å². The number of anilines is 1. The van der Waals surface area contributed by atoms with E-state index in [2.05, 4.69) is 105 Å². The molecule has 0 atom stereocenters. The Morgan fingerprint density at radius 2 is 1.66 bits per heavy atom. The van der Waals surface area contributed by atoms with Crippen molar-refractivity contribution in [3.8, 4) is 20.9 Å². The fourth-order valence-corrected chi connectivity index (χ4v) is 6.60. The predicted octanol–water partition coefficient (Wildman–Crippen LogP) is 5.85. The van der Waals surface area contributed by atoms with Crippen molar-refractivity contribution in [2.24, 2.45) is 0 Å². The second kappa shape index (κ2) is 9.30. The van der Waals surface area contributed by atoms with Crippen LogP contribution in [0.2, 0.25) is 0 Å². The Balaban J connectivity index is 1.99. The molecule has 4 rings (SSSR count). The molecule has 2 aromatic rings. The van der Waals surface area contributed by atoms with Crippen LogP contribution in [0, 0.1) is 0 Å². The summed E-state index contributed by atoms with van der Waals surface area (Å²) in [5.41, 5.74) is 3.83. The molecule has 0 spiro atoms. The molecule has 32 heavy (non-hydrogen) atoms. The molecule has 0 amide bonds. The van der Waals surface area contributed by atoms with E-state index in [1.807, 2.05) is 11.3 Å². The first kappa shape index (κ1) is 22.9. The van der Waals surface area contributed by atoms with E-state index in [-0.39, 0.29) is 0 Å². The highest BCUT2D eigenvalue weighted by molar-refractivity contribution is 7.81. The summed E-state index contributed by atoms with van der Waals surface area (Å²) < 4.78 is 3.47. The number of thiocarbonyl (C=S) groups is 1. The maximum atomic E-state index is 5.81. The molecule has 166 valence electrons. The SMILES string of the molecule is CCN(CC)C(=S)c1ccc(-c2c3ccc(=[N+](C)C)cc-3sc3cc(N(C)C)ccc23)s1. The normalized spacial score (nSPS) is 11.2. The van der Waals surface area contributed by atoms with Crippen LogP contribution in [0.1, 0.15) is 18.7 Å². The molecular formula is C26H30N3S3+. The highest BCUT2D eigenvalue weighted by atomic mass is 32.1. The molecule has 1 aromatic carbocycles. The molecule has 0 bridgehead atoms. The summed E-state index contributed by atoms with van der Waals surface area (Å²) in [6, 6.07) is 18.0. The number of nitrogens with zero attached hydrogens (tertiary/aromatic N) is 3. The van der Waals surface area contributed by atoms with Gasteiger partial charge < -0.3 is 9.80 Å². The van der Waals surface area contributed by atoms with Crippen molar-refractivity contribution in [3.05, 3.63) is 58.8 Å². The lowest BCUT2D eigenvalue weighted by Gasteiger charge is -2.20. The highest BCUT2D eigenvalue weighted by Crippen LogP contribution is 2.45. The summed E-state index contributed by atoms with van der Waals surface area (Å²) >= 11 is 9.48. The van der Waals surface area contributed by atoms with Crippen LogP contribution in [-0.2, 0) is 0 Å². The Kier molecular flexibility index (Phi) is 6.65. The third kappa shape index (κ3) is 4.19. The zero-order valence-corrected chi connectivity index (χ0v) is 22.0. The average Bonchev–Trinajstić information content (AvgIpc) is 3.27. The molecule has 0 saturated carbocycles. The van der Waals surface area contributed by atoms with Gasteiger partial charge >= 0.3 is 0 Å². The van der Waals surface area contributed by atoms with Crippen LogP contribution >= 0.6 is 34.9 Å². The average molecular weight is 481 g/mol. The molecule has 2 heterocycles. The third-order valence-electron chi connectivity index (χ3n) is 5.84. The van der Waals surface area contributed by atoms with Gasteiger partial charge in [0.05, 0.1) is 4.88 Å². The largest absolute Gasteiger partial charge is 0.378 e. The molecule has 0 radical (unpaired) electrons. The lowest BCUT2D eigenvalue weighted by molar-refractivity contribution is 0.475. The fraction of sp³-hybridized carbons (Fsp3) is 0.308. The fourth-order valence-electron chi connectivity index (χ4n) is 3.94. The van der Waals surface area contributed by atoms with E-state index in [4.69, 9.17) is 12.2 Å². The van der Waals surface area contributed by atoms with Crippen molar-refractivity contribution in [1.82, 2.24) is 9.48 Å². The summed E-state index contributed by atoms with van der Waals surface area (Å²) in [4.78, 5) is 9.10. The molecule has 0 unspecified atom stereocenters. The first-order chi connectivity index (χ1) is 15.3. The number of hydrogen-bond donors (Lipinski definition) is 0. The van der Waals surface area contributed by atoms with Gasteiger partial charge in [0, 0.05) is 76.0 Å². The van der Waals surface area contributed by atoms with Gasteiger partial charge in [-0.05, 0) is 44.2 Å². The summed E-state index contributed by atoms with van der Waals surface area (Å²) in [5, 5.41) is 2.52. The van der Waals surface area contributed by atoms with E-state index in [0.29, 0.717) is 0 Å². The topological polar surface area (TPSA) is 9.49 Å². The number of hydrogen-bond acceptors (Lipinski definition) is 4. The monoisotopic (exact) mass is 480 g/mol. The Labute approximate surface area is 204 Å². The van der Waals surface area contributed by atoms with Crippen LogP contribution in [0.15, 0.2) is 48.5 Å². The van der Waals surface area contributed by atoms with E-state index in [9.17, 15) is 0 Å². The van der Waals surface area contributed by atoms with Gasteiger partial charge in [0.2, 0.25) is 5.36 Å². The molecule has 1 aliphatic carbocycles. The van der Waals surface area contributed by atoms with Crippen LogP contribution in [0.25, 0.3) is 31.0 Å². The number of benzene rings is 2. The van der Waals surface area contributed by atoms with Crippen LogP contribution in [0.4, 0.5) is 5.69 Å². The molecule has 6 heteroatoms. The smallest absolute Gasteiger partial charge is 0.200 e. The van der Waals surface area contributed by atoms with Gasteiger partial charge in [0.1, 0.15) is 19.1 Å². The Morgan fingerprint density at radius 1 is 0.906 bits per heavy atom. The predicted molar refractivity (Wildman–Crippen MR) is 148 cm³/mol. The van der Waals surface area contributed by atoms with Gasteiger partial charge in [-0.2, -0.15) is 0 Å². The molecule has 1 aromatic heterocycles. The molecule has 3 nitrogen and oxygen atoms in total. The standard InChI is InChI=1S/C26H30N3S3/c1-7-29(8-2)26(30)22-14-13-21(31-22)25-19-11-9-17(27(3)4)15-23(19)32-24-16-18(28(5)6)10-12-20(24)25/h9-16H,7-8H2,1-6H3/q+1. The van der Waals surface area contributed by atoms with Crippen molar-refractivity contribution in [3.63, 3.8) is 0 Å². The van der Waals surface area contributed by atoms with Crippen molar-refractivity contribution in [1.29, 1.82) is 0 Å². The van der Waals surface area contributed by atoms with Gasteiger partial charge in [-0.1, -0.05) is 18.3 Å². The zero-order chi connectivity index (χ0) is 23.0. The number of rotatable bonds is 5. The summed E-state index contributed by atoms with van der Waals surface area (Å²) in [6.45, 7) is 6.19. The van der Waals surface area contributed by atoms with E-state index < -0.39 is 0 Å². The van der Waals surface area contributed by atoms with E-state index in [1.165, 1.54) is 46.9 Å². The Morgan fingerprint density at radius 3 is 2.31 bits per heavy atom. The van der Waals surface area contributed by atoms with Crippen LogP contribution in [0.5, 0.6) is 0 Å². The maximum Gasteiger partial charge on any atom is 0.200 e. The van der Waals surface area contributed by atoms with E-state index in [1.54, 1.807) is 11.3 Å². The number of thiophene rings is 1.